The highest BCUT2D eigenvalue weighted by Gasteiger charge is 2.40. The van der Waals surface area contributed by atoms with Crippen molar-refractivity contribution in [2.75, 3.05) is 0 Å². The Balaban J connectivity index is 1.37. The smallest absolute Gasteiger partial charge is 0.309 e. The van der Waals surface area contributed by atoms with E-state index < -0.39 is 23.5 Å². The molecule has 0 aliphatic carbocycles. The van der Waals surface area contributed by atoms with Crippen molar-refractivity contribution in [3.8, 4) is 44.8 Å². The summed E-state index contributed by atoms with van der Waals surface area (Å²) in [7, 11) is 0. The van der Waals surface area contributed by atoms with E-state index in [0.29, 0.717) is 22.1 Å². The number of aromatic nitrogens is 2. The van der Waals surface area contributed by atoms with Crippen molar-refractivity contribution in [1.29, 1.82) is 0 Å². The number of nitrogens with zero attached hydrogens (tertiary/aromatic N) is 2. The number of para-hydroxylation sites is 2. The highest BCUT2D eigenvalue weighted by atomic mass is 19.4. The van der Waals surface area contributed by atoms with Gasteiger partial charge in [0.05, 0.1) is 39.0 Å². The molecule has 0 fully saturated rings. The van der Waals surface area contributed by atoms with Crippen LogP contribution in [0.5, 0.6) is 0 Å². The second kappa shape index (κ2) is 14.3. The molecule has 2 nitrogen and oxygen atoms in total. The third kappa shape index (κ3) is 6.44. The predicted octanol–water partition coefficient (Wildman–Crippen LogP) is 16.2. The van der Waals surface area contributed by atoms with Crippen LogP contribution in [0.4, 0.5) is 26.3 Å². The molecular weight excluding hydrogens is 791 g/mol. The van der Waals surface area contributed by atoms with Crippen molar-refractivity contribution < 1.29 is 26.3 Å². The summed E-state index contributed by atoms with van der Waals surface area (Å²) in [4.78, 5) is 0. The van der Waals surface area contributed by atoms with Crippen LogP contribution in [0.2, 0.25) is 0 Å². The van der Waals surface area contributed by atoms with Crippen LogP contribution in [0.25, 0.3) is 88.4 Å². The van der Waals surface area contributed by atoms with Gasteiger partial charge in [-0.05, 0) is 121 Å². The van der Waals surface area contributed by atoms with Gasteiger partial charge in [0.2, 0.25) is 0 Å². The molecule has 10 aromatic rings. The van der Waals surface area contributed by atoms with E-state index in [0.717, 1.165) is 78.2 Å². The van der Waals surface area contributed by atoms with Crippen molar-refractivity contribution >= 4 is 43.6 Å². The van der Waals surface area contributed by atoms with Crippen LogP contribution < -0.4 is 0 Å². The number of benzene rings is 8. The number of hydrogen-bond donors (Lipinski definition) is 0. The summed E-state index contributed by atoms with van der Waals surface area (Å²) in [5.74, 6) is 0. The van der Waals surface area contributed by atoms with Crippen molar-refractivity contribution in [1.82, 2.24) is 9.13 Å². The van der Waals surface area contributed by atoms with Crippen molar-refractivity contribution in [3.63, 3.8) is 0 Å². The molecule has 0 bridgehead atoms. The van der Waals surface area contributed by atoms with Gasteiger partial charge in [-0.15, -0.1) is 0 Å². The predicted molar refractivity (Wildman–Crippen MR) is 240 cm³/mol. The van der Waals surface area contributed by atoms with Crippen LogP contribution in [-0.4, -0.2) is 9.13 Å². The first-order valence-electron chi connectivity index (χ1n) is 20.3. The quantitative estimate of drug-likeness (QED) is 0.153. The number of fused-ring (bicyclic) bond motifs is 6. The summed E-state index contributed by atoms with van der Waals surface area (Å²) < 4.78 is 95.8. The largest absolute Gasteiger partial charge is 0.420 e. The molecule has 0 saturated heterocycles. The van der Waals surface area contributed by atoms with E-state index in [1.54, 1.807) is 33.4 Å². The third-order valence-corrected chi connectivity index (χ3v) is 12.1. The Kier molecular flexibility index (Phi) is 9.00. The normalized spacial score (nSPS) is 12.4. The van der Waals surface area contributed by atoms with Gasteiger partial charge in [-0.2, -0.15) is 26.3 Å². The Hall–Kier alpha value is -7.06. The number of hydrogen-bond acceptors (Lipinski definition) is 0. The molecule has 0 aliphatic heterocycles. The van der Waals surface area contributed by atoms with Crippen LogP contribution in [0.3, 0.4) is 0 Å². The lowest BCUT2D eigenvalue weighted by Crippen LogP contribution is -2.16. The van der Waals surface area contributed by atoms with Crippen molar-refractivity contribution in [2.24, 2.45) is 0 Å². The Morgan fingerprint density at radius 2 is 0.823 bits per heavy atom. The molecule has 0 aliphatic rings. The topological polar surface area (TPSA) is 9.86 Å². The van der Waals surface area contributed by atoms with E-state index >= 15 is 13.2 Å². The maximum atomic E-state index is 16.5. The molecule has 0 spiro atoms. The zero-order valence-electron chi connectivity index (χ0n) is 34.2. The highest BCUT2D eigenvalue weighted by Crippen LogP contribution is 2.47. The minimum atomic E-state index is -4.94. The van der Waals surface area contributed by atoms with Gasteiger partial charge in [-0.1, -0.05) is 120 Å². The maximum Gasteiger partial charge on any atom is 0.420 e. The fraction of sp³-hybridized carbons (Fsp3) is 0.111. The summed E-state index contributed by atoms with van der Waals surface area (Å²) in [5, 5.41) is 2.96. The van der Waals surface area contributed by atoms with E-state index in [-0.39, 0.29) is 22.5 Å². The SMILES string of the molecule is Cc1ccc(-c2ccc3c4ccccc4n(-c4cc(-c5cccc(C(F)(F)F)c5)cc(-n5c6ccccc6c6ccc(-c7ccc(C)cc7C)cc65)c4C(F)(F)F)c3c2)c(C)c1. The van der Waals surface area contributed by atoms with E-state index in [4.69, 9.17) is 0 Å². The lowest BCUT2D eigenvalue weighted by Gasteiger charge is -2.23. The molecule has 8 heteroatoms. The number of rotatable bonds is 5. The zero-order valence-corrected chi connectivity index (χ0v) is 34.2. The summed E-state index contributed by atoms with van der Waals surface area (Å²) in [6, 6.07) is 46.1. The molecule has 306 valence electrons. The second-order valence-electron chi connectivity index (χ2n) is 16.3. The van der Waals surface area contributed by atoms with Gasteiger partial charge in [-0.25, -0.2) is 0 Å². The Labute approximate surface area is 353 Å². The van der Waals surface area contributed by atoms with Crippen molar-refractivity contribution in [3.05, 3.63) is 191 Å². The average molecular weight is 829 g/mol. The molecule has 2 aromatic heterocycles. The van der Waals surface area contributed by atoms with Gasteiger partial charge < -0.3 is 9.13 Å². The van der Waals surface area contributed by atoms with Crippen molar-refractivity contribution in [2.45, 2.75) is 40.0 Å². The molecule has 0 amide bonds. The van der Waals surface area contributed by atoms with Gasteiger partial charge in [0.15, 0.2) is 0 Å². The zero-order chi connectivity index (χ0) is 43.2. The Bertz CT molecular complexity index is 3240. The number of halogens is 6. The summed E-state index contributed by atoms with van der Waals surface area (Å²) in [6.07, 6.45) is -9.62. The van der Waals surface area contributed by atoms with Gasteiger partial charge in [0.25, 0.3) is 0 Å². The number of alkyl halides is 6. The Morgan fingerprint density at radius 3 is 1.27 bits per heavy atom. The van der Waals surface area contributed by atoms with Gasteiger partial charge in [0.1, 0.15) is 5.56 Å². The maximum absolute atomic E-state index is 16.5. The summed E-state index contributed by atoms with van der Waals surface area (Å²) in [6.45, 7) is 8.03. The molecule has 2 heterocycles. The van der Waals surface area contributed by atoms with Crippen LogP contribution in [-0.2, 0) is 12.4 Å². The minimum absolute atomic E-state index is 0.129. The van der Waals surface area contributed by atoms with Crippen LogP contribution in [0.15, 0.2) is 158 Å². The minimum Gasteiger partial charge on any atom is -0.309 e. The standard InChI is InChI=1S/C54H38F6N2/c1-31-16-20-40(33(3)24-31)36-18-22-44-42-12-5-7-14-46(42)61(48(44)27-36)50-29-38(35-10-9-11-39(26-35)53(55,56)57)30-51(52(50)54(58,59)60)62-47-15-8-6-13-43(47)45-23-19-37(28-49(45)62)41-21-17-32(2)25-34(41)4/h5-30H,1-4H3. The molecule has 10 rings (SSSR count). The molecule has 0 atom stereocenters. The lowest BCUT2D eigenvalue weighted by atomic mass is 9.96. The molecule has 8 aromatic carbocycles. The van der Waals surface area contributed by atoms with E-state index in [9.17, 15) is 13.2 Å². The molecule has 0 N–H and O–H groups in total. The molecule has 0 radical (unpaired) electrons. The molecule has 0 unspecified atom stereocenters. The third-order valence-electron chi connectivity index (χ3n) is 12.1. The fourth-order valence-electron chi connectivity index (χ4n) is 9.37. The monoisotopic (exact) mass is 828 g/mol. The number of aryl methyl sites for hydroxylation is 4. The summed E-state index contributed by atoms with van der Waals surface area (Å²) >= 11 is 0. The van der Waals surface area contributed by atoms with E-state index in [1.165, 1.54) is 24.3 Å². The van der Waals surface area contributed by atoms with Gasteiger partial charge >= 0.3 is 12.4 Å². The average Bonchev–Trinajstić information content (AvgIpc) is 3.74. The molecule has 0 saturated carbocycles. The Morgan fingerprint density at radius 1 is 0.355 bits per heavy atom. The van der Waals surface area contributed by atoms with Crippen LogP contribution in [0, 0.1) is 27.7 Å². The van der Waals surface area contributed by atoms with E-state index in [1.807, 2.05) is 113 Å². The van der Waals surface area contributed by atoms with Crippen LogP contribution in [0.1, 0.15) is 33.4 Å². The fourth-order valence-corrected chi connectivity index (χ4v) is 9.37. The second-order valence-corrected chi connectivity index (χ2v) is 16.3. The first-order valence-corrected chi connectivity index (χ1v) is 20.3. The molecule has 62 heavy (non-hydrogen) atoms. The van der Waals surface area contributed by atoms with Gasteiger partial charge in [0, 0.05) is 21.5 Å². The van der Waals surface area contributed by atoms with Crippen LogP contribution >= 0.6 is 0 Å². The van der Waals surface area contributed by atoms with Gasteiger partial charge in [-0.3, -0.25) is 0 Å². The first-order chi connectivity index (χ1) is 29.7. The lowest BCUT2D eigenvalue weighted by molar-refractivity contribution is -0.138. The highest BCUT2D eigenvalue weighted by molar-refractivity contribution is 6.12. The first kappa shape index (κ1) is 39.1. The molecular formula is C54H38F6N2. The van der Waals surface area contributed by atoms with E-state index in [2.05, 4.69) is 12.1 Å². The summed E-state index contributed by atoms with van der Waals surface area (Å²) in [5.41, 5.74) is 7.92.